The number of aromatic nitrogens is 1. The van der Waals surface area contributed by atoms with Crippen molar-refractivity contribution in [2.75, 3.05) is 0 Å². The number of aliphatic carboxylic acids is 1. The Morgan fingerprint density at radius 1 is 1.15 bits per heavy atom. The second-order valence-electron chi connectivity index (χ2n) is 4.63. The van der Waals surface area contributed by atoms with Gasteiger partial charge in [0, 0.05) is 5.56 Å². The Balaban J connectivity index is 2.16. The molecule has 3 aromatic rings. The molecule has 0 radical (unpaired) electrons. The van der Waals surface area contributed by atoms with E-state index in [9.17, 15) is 9.90 Å². The van der Waals surface area contributed by atoms with Crippen LogP contribution in [0.15, 0.2) is 48.5 Å². The smallest absolute Gasteiger partial charge is 0.310 e. The first kappa shape index (κ1) is 12.8. The highest BCUT2D eigenvalue weighted by Crippen LogP contribution is 2.34. The summed E-state index contributed by atoms with van der Waals surface area (Å²) in [4.78, 5) is 15.8. The molecule has 1 aromatic heterocycles. The number of hydrogen-bond donors (Lipinski definition) is 1. The molecule has 0 aliphatic carbocycles. The van der Waals surface area contributed by atoms with Crippen molar-refractivity contribution in [2.24, 2.45) is 0 Å². The van der Waals surface area contributed by atoms with Crippen LogP contribution in [-0.4, -0.2) is 16.1 Å². The average molecular weight is 283 g/mol. The van der Waals surface area contributed by atoms with Crippen LogP contribution in [0.3, 0.4) is 0 Å². The number of benzene rings is 2. The minimum absolute atomic E-state index is 0.543. The molecule has 3 rings (SSSR count). The summed E-state index contributed by atoms with van der Waals surface area (Å²) in [7, 11) is 0. The Morgan fingerprint density at radius 3 is 2.60 bits per heavy atom. The van der Waals surface area contributed by atoms with Gasteiger partial charge in [-0.2, -0.15) is 0 Å². The van der Waals surface area contributed by atoms with E-state index in [4.69, 9.17) is 0 Å². The Hall–Kier alpha value is -2.20. The lowest BCUT2D eigenvalue weighted by molar-refractivity contribution is -0.138. The zero-order valence-electron chi connectivity index (χ0n) is 10.9. The van der Waals surface area contributed by atoms with Gasteiger partial charge in [-0.1, -0.05) is 36.4 Å². The highest BCUT2D eigenvalue weighted by molar-refractivity contribution is 7.21. The van der Waals surface area contributed by atoms with E-state index in [0.717, 1.165) is 26.4 Å². The Labute approximate surface area is 120 Å². The lowest BCUT2D eigenvalue weighted by Crippen LogP contribution is -2.08. The summed E-state index contributed by atoms with van der Waals surface area (Å²) in [5.41, 5.74) is 2.66. The van der Waals surface area contributed by atoms with Crippen molar-refractivity contribution in [2.45, 2.75) is 12.8 Å². The number of carbonyl (C=O) groups is 1. The number of thiazole rings is 1. The van der Waals surface area contributed by atoms with Crippen LogP contribution in [-0.2, 0) is 4.79 Å². The van der Waals surface area contributed by atoms with Crippen LogP contribution in [0.1, 0.15) is 18.4 Å². The van der Waals surface area contributed by atoms with E-state index in [2.05, 4.69) is 4.98 Å². The summed E-state index contributed by atoms with van der Waals surface area (Å²) in [6, 6.07) is 15.5. The van der Waals surface area contributed by atoms with Crippen molar-refractivity contribution >= 4 is 27.5 Å². The summed E-state index contributed by atoms with van der Waals surface area (Å²) in [6.07, 6.45) is 0. The molecule has 1 unspecified atom stereocenters. The quantitative estimate of drug-likeness (QED) is 0.785. The largest absolute Gasteiger partial charge is 0.481 e. The monoisotopic (exact) mass is 283 g/mol. The number of para-hydroxylation sites is 1. The van der Waals surface area contributed by atoms with Gasteiger partial charge in [-0.15, -0.1) is 11.3 Å². The minimum Gasteiger partial charge on any atom is -0.481 e. The van der Waals surface area contributed by atoms with E-state index in [0.29, 0.717) is 0 Å². The molecule has 0 fully saturated rings. The molecule has 0 saturated heterocycles. The highest BCUT2D eigenvalue weighted by atomic mass is 32.1. The van der Waals surface area contributed by atoms with Gasteiger partial charge < -0.3 is 5.11 Å². The highest BCUT2D eigenvalue weighted by Gasteiger charge is 2.19. The maximum Gasteiger partial charge on any atom is 0.310 e. The van der Waals surface area contributed by atoms with E-state index >= 15 is 0 Å². The second kappa shape index (κ2) is 5.06. The first-order valence-electron chi connectivity index (χ1n) is 6.34. The predicted octanol–water partition coefficient (Wildman–Crippen LogP) is 4.15. The van der Waals surface area contributed by atoms with E-state index in [1.54, 1.807) is 18.3 Å². The molecule has 0 spiro atoms. The molecule has 1 N–H and O–H groups in total. The number of rotatable bonds is 3. The third-order valence-corrected chi connectivity index (χ3v) is 4.39. The van der Waals surface area contributed by atoms with Crippen LogP contribution >= 0.6 is 11.3 Å². The van der Waals surface area contributed by atoms with Crippen molar-refractivity contribution in [1.82, 2.24) is 4.98 Å². The standard InChI is InChI=1S/C16H13NO2S/c1-10(16(18)19)11-6-2-3-7-12(11)15-17-13-8-4-5-9-14(13)20-15/h2-10H,1H3,(H,18,19). The SMILES string of the molecule is CC(C(=O)O)c1ccccc1-c1nc2ccccc2s1. The first-order chi connectivity index (χ1) is 9.66. The van der Waals surface area contributed by atoms with Crippen LogP contribution in [0.5, 0.6) is 0 Å². The molecule has 20 heavy (non-hydrogen) atoms. The molecule has 100 valence electrons. The van der Waals surface area contributed by atoms with Gasteiger partial charge in [-0.05, 0) is 24.6 Å². The maximum atomic E-state index is 11.2. The molecule has 0 saturated carbocycles. The molecule has 0 aliphatic heterocycles. The van der Waals surface area contributed by atoms with Crippen molar-refractivity contribution in [1.29, 1.82) is 0 Å². The number of carboxylic acids is 1. The molecule has 0 bridgehead atoms. The van der Waals surface area contributed by atoms with Gasteiger partial charge in [-0.25, -0.2) is 4.98 Å². The maximum absolute atomic E-state index is 11.2. The third-order valence-electron chi connectivity index (χ3n) is 3.32. The van der Waals surface area contributed by atoms with Crippen LogP contribution in [0, 0.1) is 0 Å². The van der Waals surface area contributed by atoms with Crippen molar-refractivity contribution in [3.8, 4) is 10.6 Å². The summed E-state index contributed by atoms with van der Waals surface area (Å²) in [5.74, 6) is -1.36. The summed E-state index contributed by atoms with van der Waals surface area (Å²) in [6.45, 7) is 1.70. The fourth-order valence-corrected chi connectivity index (χ4v) is 3.20. The Bertz CT molecular complexity index is 746. The Morgan fingerprint density at radius 2 is 1.85 bits per heavy atom. The lowest BCUT2D eigenvalue weighted by Gasteiger charge is -2.10. The van der Waals surface area contributed by atoms with E-state index in [1.807, 2.05) is 48.5 Å². The van der Waals surface area contributed by atoms with Crippen LogP contribution < -0.4 is 0 Å². The molecule has 2 aromatic carbocycles. The normalized spacial score (nSPS) is 12.4. The van der Waals surface area contributed by atoms with Gasteiger partial charge in [0.15, 0.2) is 0 Å². The molecule has 4 heteroatoms. The van der Waals surface area contributed by atoms with Gasteiger partial charge in [0.25, 0.3) is 0 Å². The minimum atomic E-state index is -0.821. The topological polar surface area (TPSA) is 50.2 Å². The predicted molar refractivity (Wildman–Crippen MR) is 81.1 cm³/mol. The van der Waals surface area contributed by atoms with Crippen LogP contribution in [0.25, 0.3) is 20.8 Å². The number of fused-ring (bicyclic) bond motifs is 1. The molecule has 0 aliphatic rings. The summed E-state index contributed by atoms with van der Waals surface area (Å²) >= 11 is 1.59. The van der Waals surface area contributed by atoms with E-state index in [1.165, 1.54) is 0 Å². The molecule has 1 atom stereocenters. The van der Waals surface area contributed by atoms with Crippen molar-refractivity contribution in [3.63, 3.8) is 0 Å². The van der Waals surface area contributed by atoms with E-state index in [-0.39, 0.29) is 0 Å². The first-order valence-corrected chi connectivity index (χ1v) is 7.16. The molecular formula is C16H13NO2S. The van der Waals surface area contributed by atoms with Gasteiger partial charge >= 0.3 is 5.97 Å². The molecule has 3 nitrogen and oxygen atoms in total. The van der Waals surface area contributed by atoms with Crippen LogP contribution in [0.2, 0.25) is 0 Å². The zero-order chi connectivity index (χ0) is 14.1. The summed E-state index contributed by atoms with van der Waals surface area (Å²) < 4.78 is 1.11. The number of nitrogens with zero attached hydrogens (tertiary/aromatic N) is 1. The lowest BCUT2D eigenvalue weighted by atomic mass is 9.96. The van der Waals surface area contributed by atoms with E-state index < -0.39 is 11.9 Å². The number of carboxylic acid groups (broad SMARTS) is 1. The second-order valence-corrected chi connectivity index (χ2v) is 5.66. The fourth-order valence-electron chi connectivity index (χ4n) is 2.19. The Kier molecular flexibility index (Phi) is 3.24. The van der Waals surface area contributed by atoms with Crippen molar-refractivity contribution < 1.29 is 9.90 Å². The average Bonchev–Trinajstić information content (AvgIpc) is 2.90. The molecule has 1 heterocycles. The van der Waals surface area contributed by atoms with Gasteiger partial charge in [0.2, 0.25) is 0 Å². The molecular weight excluding hydrogens is 270 g/mol. The molecule has 0 amide bonds. The van der Waals surface area contributed by atoms with Gasteiger partial charge in [-0.3, -0.25) is 4.79 Å². The van der Waals surface area contributed by atoms with Gasteiger partial charge in [0.05, 0.1) is 16.1 Å². The number of hydrogen-bond acceptors (Lipinski definition) is 3. The zero-order valence-corrected chi connectivity index (χ0v) is 11.7. The van der Waals surface area contributed by atoms with Crippen LogP contribution in [0.4, 0.5) is 0 Å². The van der Waals surface area contributed by atoms with Crippen molar-refractivity contribution in [3.05, 3.63) is 54.1 Å². The fraction of sp³-hybridized carbons (Fsp3) is 0.125. The van der Waals surface area contributed by atoms with Gasteiger partial charge in [0.1, 0.15) is 5.01 Å². The summed E-state index contributed by atoms with van der Waals surface area (Å²) in [5, 5.41) is 10.1. The third kappa shape index (κ3) is 2.18.